The molecule has 1 saturated heterocycles. The lowest BCUT2D eigenvalue weighted by Crippen LogP contribution is -2.62. The summed E-state index contributed by atoms with van der Waals surface area (Å²) in [5.41, 5.74) is 18.3. The van der Waals surface area contributed by atoms with Gasteiger partial charge in [0, 0.05) is 86.2 Å². The van der Waals surface area contributed by atoms with Crippen molar-refractivity contribution < 1.29 is 97.1 Å². The summed E-state index contributed by atoms with van der Waals surface area (Å²) in [6, 6.07) is -15.8. The number of amides is 16. The molecule has 0 spiro atoms. The van der Waals surface area contributed by atoms with Crippen LogP contribution in [0.2, 0.25) is 0 Å². The third kappa shape index (κ3) is 40.6. The third-order valence-corrected chi connectivity index (χ3v) is 23.8. The fourth-order valence-corrected chi connectivity index (χ4v) is 15.7. The number of aliphatic hydroxyl groups is 4. The number of nitrogens with two attached hydrogens (primary N) is 3. The fourth-order valence-electron chi connectivity index (χ4n) is 15.7. The van der Waals surface area contributed by atoms with E-state index in [0.717, 1.165) is 37.5 Å². The van der Waals surface area contributed by atoms with Crippen LogP contribution >= 0.6 is 0 Å². The number of carbonyl (C=O) groups excluding carboxylic acids is 16. The van der Waals surface area contributed by atoms with Gasteiger partial charge in [0.05, 0.1) is 38.6 Å². The summed E-state index contributed by atoms with van der Waals surface area (Å²) < 4.78 is 0. The first-order chi connectivity index (χ1) is 66.1. The number of unbranched alkanes of at least 4 members (excludes halogenated alkanes) is 14. The normalized spacial score (nSPS) is 15.7. The molecule has 0 saturated carbocycles. The number of benzene rings is 1. The van der Waals surface area contributed by atoms with Gasteiger partial charge in [0.2, 0.25) is 94.5 Å². The average Bonchev–Trinajstić information content (AvgIpc) is 1.71. The van der Waals surface area contributed by atoms with Gasteiger partial charge in [0.15, 0.2) is 11.9 Å². The Hall–Kier alpha value is -12.9. The Morgan fingerprint density at radius 2 is 0.799 bits per heavy atom. The number of carbonyl (C=O) groups is 16. The maximum atomic E-state index is 15.2. The topological polar surface area (TPSA) is 749 Å². The number of aromatic nitrogens is 5. The van der Waals surface area contributed by atoms with Gasteiger partial charge in [-0.2, -0.15) is 0 Å². The van der Waals surface area contributed by atoms with Crippen molar-refractivity contribution in [3.05, 3.63) is 72.5 Å². The number of fused-ring (bicyclic) bond motifs is 1. The molecular weight excluding hydrogens is 1800 g/mol. The van der Waals surface area contributed by atoms with E-state index < -0.39 is 229 Å². The minimum Gasteiger partial charge on any atom is -0.394 e. The number of aliphatic hydroxyl groups excluding tert-OH is 4. The Morgan fingerprint density at radius 1 is 0.424 bits per heavy atom. The molecule has 47 heteroatoms. The second-order valence-electron chi connectivity index (χ2n) is 36.4. The van der Waals surface area contributed by atoms with E-state index in [1.54, 1.807) is 58.2 Å². The van der Waals surface area contributed by atoms with Crippen LogP contribution in [-0.4, -0.2) is 293 Å². The summed E-state index contributed by atoms with van der Waals surface area (Å²) in [5.74, 6) is -17.6. The molecule has 3 aromatic heterocycles. The van der Waals surface area contributed by atoms with Crippen molar-refractivity contribution in [2.24, 2.45) is 35.0 Å². The van der Waals surface area contributed by atoms with E-state index in [1.807, 2.05) is 0 Å². The van der Waals surface area contributed by atoms with Crippen LogP contribution in [0.5, 0.6) is 0 Å². The SMILES string of the molecule is CCCCCCCCCCCCCCCCCC(=O)N[C@@H](CCCNC(=N)N)C(=O)N[C@@H](C)C(=O)N[C@H](C(=O)N[C@@H](Cc1c[nH]c2ccccc12)C(=O)N[C@@H](CCCNC(=N)N)C(=O)N[C@@H](Cc1cnc[nH]1)C(=O)N[C@@H](CO)C(=O)N[C@H](C(=O)N[C@@H](C)C(=O)N[C@H](C(=O)N1CCC[C@H]1C(=O)N[C@@H](CO)C(=O)N[C@@H](Cc1cnc[nH]1)C(=O)N[C@@H](CO)C(=O)N[C@H](C(N)=O)C(C)C)[C@@H](C)O)C(C)C)C(C)C. The Morgan fingerprint density at radius 3 is 1.24 bits per heavy atom. The summed E-state index contributed by atoms with van der Waals surface area (Å²) in [6.07, 6.45) is 22.1. The second kappa shape index (κ2) is 61.4. The molecule has 47 nitrogen and oxygen atoms in total. The van der Waals surface area contributed by atoms with Gasteiger partial charge in [-0.05, 0) is 95.1 Å². The number of hydrogen-bond donors (Lipinski definition) is 28. The number of aromatic amines is 3. The minimum absolute atomic E-state index is 0.00969. The fraction of sp³-hybridized carbons (Fsp3) is 0.652. The number of nitrogens with zero attached hydrogens (tertiary/aromatic N) is 3. The van der Waals surface area contributed by atoms with Crippen molar-refractivity contribution in [2.75, 3.05) is 39.5 Å². The number of H-pyrrole nitrogens is 3. The molecule has 16 amide bonds. The maximum Gasteiger partial charge on any atom is 0.248 e. The molecule has 1 aliphatic rings. The van der Waals surface area contributed by atoms with Crippen molar-refractivity contribution in [2.45, 2.75) is 326 Å². The zero-order valence-electron chi connectivity index (χ0n) is 81.5. The van der Waals surface area contributed by atoms with Gasteiger partial charge >= 0.3 is 0 Å². The molecule has 774 valence electrons. The first kappa shape index (κ1) is 117. The lowest BCUT2D eigenvalue weighted by Gasteiger charge is -2.31. The predicted octanol–water partition coefficient (Wildman–Crippen LogP) is -2.94. The molecule has 5 rings (SSSR count). The highest BCUT2D eigenvalue weighted by atomic mass is 16.3. The largest absolute Gasteiger partial charge is 0.394 e. The summed E-state index contributed by atoms with van der Waals surface area (Å²) in [7, 11) is 0. The van der Waals surface area contributed by atoms with Crippen molar-refractivity contribution in [3.8, 4) is 0 Å². The average molecular weight is 1960 g/mol. The highest BCUT2D eigenvalue weighted by Gasteiger charge is 2.43. The Labute approximate surface area is 809 Å². The number of rotatable bonds is 66. The molecule has 1 fully saturated rings. The monoisotopic (exact) mass is 1950 g/mol. The molecule has 0 bridgehead atoms. The third-order valence-electron chi connectivity index (χ3n) is 23.8. The van der Waals surface area contributed by atoms with Crippen LogP contribution in [0.4, 0.5) is 0 Å². The minimum atomic E-state index is -1.87. The lowest BCUT2D eigenvalue weighted by atomic mass is 9.99. The number of para-hydroxylation sites is 1. The Kier molecular flexibility index (Phi) is 51.5. The number of hydrogen-bond acceptors (Lipinski definition) is 24. The number of primary amides is 1. The van der Waals surface area contributed by atoms with E-state index in [9.17, 15) is 87.5 Å². The molecule has 139 heavy (non-hydrogen) atoms. The first-order valence-electron chi connectivity index (χ1n) is 48.1. The summed E-state index contributed by atoms with van der Waals surface area (Å²) in [4.78, 5) is 243. The summed E-state index contributed by atoms with van der Waals surface area (Å²) in [6.45, 7) is 12.4. The van der Waals surface area contributed by atoms with Crippen molar-refractivity contribution >= 4 is 117 Å². The molecule has 0 aliphatic carbocycles. The van der Waals surface area contributed by atoms with E-state index in [-0.39, 0.29) is 95.0 Å². The Balaban J connectivity index is 1.27. The quantitative estimate of drug-likeness (QED) is 0.0119. The van der Waals surface area contributed by atoms with Gasteiger partial charge in [0.1, 0.15) is 90.6 Å². The highest BCUT2D eigenvalue weighted by molar-refractivity contribution is 6.02. The van der Waals surface area contributed by atoms with E-state index in [4.69, 9.17) is 28.0 Å². The standard InChI is InChI=1S/C92H151N27O20/c1-11-12-13-14-15-16-17-18-19-20-21-22-23-24-25-36-71(124)107-62(33-28-37-100-91(94)95)79(128)105-54(8)77(126)116-74(53(6)7)89(138)111-64(40-57-43-102-61-32-27-26-31-60(57)61)81(130)108-63(34-29-38-101-92(96)97)80(129)109-65(41-58-44-98-49-103-58)82(131)113-69(48-122)86(135)117-73(52(4)5)88(137)106-55(9)78(127)118-75(56(10)123)90(139)119-39-30-35-70(119)87(136)114-67(46-120)84(133)110-66(42-59-45-99-50-104-59)83(132)112-68(47-121)85(134)115-72(51(2)3)76(93)125/h26-27,31-32,43-45,49-56,62-70,72-75,102,120-123H,11-25,28-30,33-42,46-48H2,1-10H3,(H2,93,125)(H,98,103)(H,99,104)(H,105,128)(H,106,137)(H,107,124)(H,108,130)(H,109,129)(H,110,133)(H,111,138)(H,112,132)(H,113,131)(H,114,136)(H,115,134)(H,116,126)(H,117,135)(H,118,127)(H4,94,95,100)(H4,96,97,101)/t54-,55-,56+,62-,63-,64-,65-,66-,67-,68-,69-,70-,72-,73-,74-,75-/m0/s1. The van der Waals surface area contributed by atoms with Crippen LogP contribution in [0.3, 0.4) is 0 Å². The van der Waals surface area contributed by atoms with Gasteiger partial charge in [0.25, 0.3) is 0 Å². The molecule has 4 aromatic rings. The first-order valence-corrected chi connectivity index (χ1v) is 48.1. The van der Waals surface area contributed by atoms with Crippen molar-refractivity contribution in [1.29, 1.82) is 10.8 Å². The highest BCUT2D eigenvalue weighted by Crippen LogP contribution is 2.24. The lowest BCUT2D eigenvalue weighted by molar-refractivity contribution is -0.145. The maximum absolute atomic E-state index is 15.2. The molecular formula is C92H151N27O20. The molecule has 1 aromatic carbocycles. The van der Waals surface area contributed by atoms with E-state index >= 15 is 9.59 Å². The summed E-state index contributed by atoms with van der Waals surface area (Å²) >= 11 is 0. The van der Waals surface area contributed by atoms with Crippen LogP contribution in [0, 0.1) is 28.6 Å². The predicted molar refractivity (Wildman–Crippen MR) is 514 cm³/mol. The van der Waals surface area contributed by atoms with Crippen LogP contribution < -0.4 is 102 Å². The van der Waals surface area contributed by atoms with Crippen LogP contribution in [0.1, 0.15) is 227 Å². The number of likely N-dealkylation sites (tertiary alicyclic amines) is 1. The van der Waals surface area contributed by atoms with E-state index in [2.05, 4.69) is 117 Å². The van der Waals surface area contributed by atoms with Crippen LogP contribution in [0.25, 0.3) is 10.9 Å². The molecule has 0 unspecified atom stereocenters. The van der Waals surface area contributed by atoms with Gasteiger partial charge in [-0.25, -0.2) is 9.97 Å². The van der Waals surface area contributed by atoms with Crippen LogP contribution in [-0.2, 0) is 96.0 Å². The van der Waals surface area contributed by atoms with Gasteiger partial charge in [-0.1, -0.05) is 157 Å². The Bertz CT molecular complexity index is 4630. The summed E-state index contributed by atoms with van der Waals surface area (Å²) in [5, 5.41) is 99.3. The van der Waals surface area contributed by atoms with Crippen LogP contribution in [0.15, 0.2) is 55.5 Å². The van der Waals surface area contributed by atoms with Gasteiger partial charge < -0.3 is 143 Å². The number of guanidine groups is 2. The zero-order chi connectivity index (χ0) is 103. The molecule has 16 atom stereocenters. The smallest absolute Gasteiger partial charge is 0.248 e. The second-order valence-corrected chi connectivity index (χ2v) is 36.4. The number of nitrogens with one attached hydrogen (secondary N) is 21. The molecule has 1 aliphatic heterocycles. The zero-order valence-corrected chi connectivity index (χ0v) is 81.5. The van der Waals surface area contributed by atoms with Crippen molar-refractivity contribution in [3.63, 3.8) is 0 Å². The van der Waals surface area contributed by atoms with Gasteiger partial charge in [-0.15, -0.1) is 0 Å². The van der Waals surface area contributed by atoms with Gasteiger partial charge in [-0.3, -0.25) is 87.5 Å². The van der Waals surface area contributed by atoms with E-state index in [1.165, 1.54) is 117 Å². The van der Waals surface area contributed by atoms with Crippen molar-refractivity contribution in [1.82, 2.24) is 115 Å². The molecule has 31 N–H and O–H groups in total. The van der Waals surface area contributed by atoms with E-state index in [0.29, 0.717) is 35.0 Å². The molecule has 0 radical (unpaired) electrons. The molecule has 4 heterocycles. The number of imidazole rings is 2.